The number of halogens is 1. The Hall–Kier alpha value is -2.32. The lowest BCUT2D eigenvalue weighted by Crippen LogP contribution is -2.03. The van der Waals surface area contributed by atoms with Crippen LogP contribution >= 0.6 is 15.9 Å². The lowest BCUT2D eigenvalue weighted by molar-refractivity contribution is 1.09. The largest absolute Gasteiger partial charge is 0.369 e. The van der Waals surface area contributed by atoms with E-state index >= 15 is 0 Å². The van der Waals surface area contributed by atoms with Crippen molar-refractivity contribution in [3.8, 4) is 11.8 Å². The summed E-state index contributed by atoms with van der Waals surface area (Å²) in [6.45, 7) is 1.91. The molecule has 2 N–H and O–H groups in total. The average Bonchev–Trinajstić information content (AvgIpc) is 2.73. The molecule has 5 heteroatoms. The van der Waals surface area contributed by atoms with Crippen molar-refractivity contribution >= 4 is 32.9 Å². The van der Waals surface area contributed by atoms with E-state index in [1.54, 1.807) is 0 Å². The van der Waals surface area contributed by atoms with Gasteiger partial charge < -0.3 is 5.73 Å². The number of nitrogens with two attached hydrogens (primary N) is 1. The van der Waals surface area contributed by atoms with E-state index in [-0.39, 0.29) is 0 Å². The first-order valence-corrected chi connectivity index (χ1v) is 6.84. The molecular formula is C15H11BrN4. The second kappa shape index (κ2) is 4.66. The third kappa shape index (κ3) is 1.86. The van der Waals surface area contributed by atoms with Crippen molar-refractivity contribution in [1.82, 2.24) is 9.55 Å². The minimum atomic E-state index is 0.375. The molecule has 4 nitrogen and oxygen atoms in total. The Morgan fingerprint density at radius 2 is 2.10 bits per heavy atom. The standard InChI is InChI=1S/C15H11BrN4/c1-9-3-2-4-13(11(9)8-17)20-14-6-5-10(16)7-12(14)19-15(20)18/h2-7H,1H3,(H2,18,19). The van der Waals surface area contributed by atoms with E-state index in [1.165, 1.54) is 0 Å². The lowest BCUT2D eigenvalue weighted by atomic mass is 10.1. The Labute approximate surface area is 124 Å². The molecule has 0 unspecified atom stereocenters. The normalized spacial score (nSPS) is 10.7. The summed E-state index contributed by atoms with van der Waals surface area (Å²) < 4.78 is 2.76. The van der Waals surface area contributed by atoms with Crippen LogP contribution in [0.5, 0.6) is 0 Å². The second-order valence-corrected chi connectivity index (χ2v) is 5.43. The number of rotatable bonds is 1. The maximum atomic E-state index is 9.37. The van der Waals surface area contributed by atoms with Crippen LogP contribution < -0.4 is 5.73 Å². The van der Waals surface area contributed by atoms with Crippen LogP contribution in [0.2, 0.25) is 0 Å². The van der Waals surface area contributed by atoms with Crippen LogP contribution in [0.15, 0.2) is 40.9 Å². The lowest BCUT2D eigenvalue weighted by Gasteiger charge is -2.10. The Morgan fingerprint density at radius 1 is 1.30 bits per heavy atom. The van der Waals surface area contributed by atoms with E-state index in [0.717, 1.165) is 26.8 Å². The van der Waals surface area contributed by atoms with Gasteiger partial charge in [0.25, 0.3) is 0 Å². The molecule has 1 heterocycles. The van der Waals surface area contributed by atoms with Gasteiger partial charge in [0.15, 0.2) is 0 Å². The molecule has 1 aromatic heterocycles. The topological polar surface area (TPSA) is 67.6 Å². The Morgan fingerprint density at radius 3 is 2.85 bits per heavy atom. The van der Waals surface area contributed by atoms with Crippen LogP contribution in [0, 0.1) is 18.3 Å². The molecule has 98 valence electrons. The number of nitrogens with zero attached hydrogens (tertiary/aromatic N) is 3. The van der Waals surface area contributed by atoms with Crippen LogP contribution in [0.25, 0.3) is 16.7 Å². The molecule has 0 aliphatic rings. The summed E-state index contributed by atoms with van der Waals surface area (Å²) in [5.74, 6) is 0.375. The highest BCUT2D eigenvalue weighted by Gasteiger charge is 2.14. The van der Waals surface area contributed by atoms with Crippen molar-refractivity contribution in [2.75, 3.05) is 5.73 Å². The van der Waals surface area contributed by atoms with E-state index in [1.807, 2.05) is 47.9 Å². The van der Waals surface area contributed by atoms with E-state index in [2.05, 4.69) is 27.0 Å². The van der Waals surface area contributed by atoms with Gasteiger partial charge >= 0.3 is 0 Å². The molecule has 2 aromatic carbocycles. The SMILES string of the molecule is Cc1cccc(-n2c(N)nc3cc(Br)ccc32)c1C#N. The summed E-state index contributed by atoms with van der Waals surface area (Å²) >= 11 is 3.42. The fourth-order valence-corrected chi connectivity index (χ4v) is 2.66. The zero-order chi connectivity index (χ0) is 14.3. The number of hydrogen-bond donors (Lipinski definition) is 1. The molecule has 0 spiro atoms. The molecule has 0 radical (unpaired) electrons. The number of aryl methyl sites for hydroxylation is 1. The van der Waals surface area contributed by atoms with Gasteiger partial charge in [-0.1, -0.05) is 28.1 Å². The summed E-state index contributed by atoms with van der Waals surface area (Å²) in [5, 5.41) is 9.37. The highest BCUT2D eigenvalue weighted by Crippen LogP contribution is 2.28. The number of fused-ring (bicyclic) bond motifs is 1. The molecule has 20 heavy (non-hydrogen) atoms. The minimum Gasteiger partial charge on any atom is -0.369 e. The first-order valence-electron chi connectivity index (χ1n) is 6.05. The number of anilines is 1. The quantitative estimate of drug-likeness (QED) is 0.743. The van der Waals surface area contributed by atoms with E-state index in [4.69, 9.17) is 5.73 Å². The van der Waals surface area contributed by atoms with E-state index < -0.39 is 0 Å². The van der Waals surface area contributed by atoms with Gasteiger partial charge in [0.2, 0.25) is 5.95 Å². The van der Waals surface area contributed by atoms with E-state index in [9.17, 15) is 5.26 Å². The van der Waals surface area contributed by atoms with Crippen molar-refractivity contribution in [2.45, 2.75) is 6.92 Å². The van der Waals surface area contributed by atoms with Crippen molar-refractivity contribution in [1.29, 1.82) is 5.26 Å². The average molecular weight is 327 g/mol. The van der Waals surface area contributed by atoms with Crippen LogP contribution in [-0.4, -0.2) is 9.55 Å². The summed E-state index contributed by atoms with van der Waals surface area (Å²) in [4.78, 5) is 4.36. The molecule has 0 bridgehead atoms. The van der Waals surface area contributed by atoms with Crippen LogP contribution in [0.3, 0.4) is 0 Å². The molecule has 0 aliphatic carbocycles. The fourth-order valence-electron chi connectivity index (χ4n) is 2.31. The third-order valence-electron chi connectivity index (χ3n) is 3.25. The number of aromatic nitrogens is 2. The van der Waals surface area contributed by atoms with Gasteiger partial charge in [0, 0.05) is 4.47 Å². The molecule has 0 aliphatic heterocycles. The van der Waals surface area contributed by atoms with Gasteiger partial charge in [-0.15, -0.1) is 0 Å². The molecule has 3 aromatic rings. The summed E-state index contributed by atoms with van der Waals surface area (Å²) in [6.07, 6.45) is 0. The Kier molecular flexibility index (Phi) is 2.96. The van der Waals surface area contributed by atoms with Crippen molar-refractivity contribution in [3.05, 3.63) is 52.0 Å². The maximum absolute atomic E-state index is 9.37. The third-order valence-corrected chi connectivity index (χ3v) is 3.74. The van der Waals surface area contributed by atoms with Gasteiger partial charge in [0.1, 0.15) is 6.07 Å². The first-order chi connectivity index (χ1) is 9.61. The van der Waals surface area contributed by atoms with E-state index in [0.29, 0.717) is 11.5 Å². The number of hydrogen-bond acceptors (Lipinski definition) is 3. The van der Waals surface area contributed by atoms with Crippen molar-refractivity contribution < 1.29 is 0 Å². The van der Waals surface area contributed by atoms with Crippen LogP contribution in [0.4, 0.5) is 5.95 Å². The second-order valence-electron chi connectivity index (χ2n) is 4.52. The fraction of sp³-hybridized carbons (Fsp3) is 0.0667. The predicted molar refractivity (Wildman–Crippen MR) is 82.6 cm³/mol. The summed E-state index contributed by atoms with van der Waals surface area (Å²) in [6, 6.07) is 13.7. The molecule has 3 rings (SSSR count). The monoisotopic (exact) mass is 326 g/mol. The number of imidazole rings is 1. The summed E-state index contributed by atoms with van der Waals surface area (Å²) in [5.41, 5.74) is 10.0. The number of nitriles is 1. The van der Waals surface area contributed by atoms with Gasteiger partial charge in [-0.05, 0) is 36.8 Å². The number of benzene rings is 2. The smallest absolute Gasteiger partial charge is 0.205 e. The zero-order valence-corrected chi connectivity index (χ0v) is 12.3. The Bertz CT molecular complexity index is 858. The van der Waals surface area contributed by atoms with Gasteiger partial charge in [-0.3, -0.25) is 4.57 Å². The number of nitrogen functional groups attached to an aromatic ring is 1. The van der Waals surface area contributed by atoms with Gasteiger partial charge in [0.05, 0.1) is 22.3 Å². The van der Waals surface area contributed by atoms with Gasteiger partial charge in [-0.2, -0.15) is 5.26 Å². The molecule has 0 saturated carbocycles. The first kappa shape index (κ1) is 12.7. The molecule has 0 saturated heterocycles. The maximum Gasteiger partial charge on any atom is 0.205 e. The molecular weight excluding hydrogens is 316 g/mol. The highest BCUT2D eigenvalue weighted by atomic mass is 79.9. The zero-order valence-electron chi connectivity index (χ0n) is 10.8. The van der Waals surface area contributed by atoms with Gasteiger partial charge in [-0.25, -0.2) is 4.98 Å². The Balaban J connectivity index is 2.39. The molecule has 0 atom stereocenters. The highest BCUT2D eigenvalue weighted by molar-refractivity contribution is 9.10. The van der Waals surface area contributed by atoms with Crippen molar-refractivity contribution in [2.24, 2.45) is 0 Å². The minimum absolute atomic E-state index is 0.375. The van der Waals surface area contributed by atoms with Crippen LogP contribution in [0.1, 0.15) is 11.1 Å². The predicted octanol–water partition coefficient (Wildman–Crippen LogP) is 3.55. The molecule has 0 fully saturated rings. The van der Waals surface area contributed by atoms with Crippen molar-refractivity contribution in [3.63, 3.8) is 0 Å². The molecule has 0 amide bonds. The van der Waals surface area contributed by atoms with Crippen LogP contribution in [-0.2, 0) is 0 Å². The summed E-state index contributed by atoms with van der Waals surface area (Å²) in [7, 11) is 0.